The molecule has 0 fully saturated rings. The highest BCUT2D eigenvalue weighted by Gasteiger charge is 2.05. The summed E-state index contributed by atoms with van der Waals surface area (Å²) in [5.74, 6) is 0. The Balaban J connectivity index is 3.33. The number of rotatable bonds is 25. The van der Waals surface area contributed by atoms with Crippen LogP contribution in [-0.2, 0) is 0 Å². The second kappa shape index (κ2) is 27.5. The summed E-state index contributed by atoms with van der Waals surface area (Å²) < 4.78 is 0. The van der Waals surface area contributed by atoms with Crippen LogP contribution in [0.5, 0.6) is 0 Å². The largest absolute Gasteiger partial charge is 0.317 e. The molecule has 0 aromatic heterocycles. The standard InChI is InChI=1S/C30H59N/c1-4-6-8-10-12-13-14-15-16-17-18-19-20-21-23-25-27-29-30(31-3)28-26-24-22-11-9-7-5-2/h12-13,15-16,30-31H,4-11,14,17-29H2,1-3H3/b13-12+,16-15+. The first kappa shape index (κ1) is 30.4. The Labute approximate surface area is 197 Å². The molecule has 1 heteroatoms. The molecule has 0 radical (unpaired) electrons. The fraction of sp³-hybridized carbons (Fsp3) is 0.867. The first-order valence-corrected chi connectivity index (χ1v) is 14.3. The molecule has 0 aliphatic rings. The Kier molecular flexibility index (Phi) is 27.0. The molecule has 1 nitrogen and oxygen atoms in total. The van der Waals surface area contributed by atoms with Crippen molar-refractivity contribution in [1.29, 1.82) is 0 Å². The number of hydrogen-bond acceptors (Lipinski definition) is 1. The van der Waals surface area contributed by atoms with E-state index < -0.39 is 0 Å². The molecule has 1 unspecified atom stereocenters. The van der Waals surface area contributed by atoms with E-state index in [9.17, 15) is 0 Å². The van der Waals surface area contributed by atoms with Crippen molar-refractivity contribution >= 4 is 0 Å². The van der Waals surface area contributed by atoms with E-state index in [1.54, 1.807) is 0 Å². The molecule has 0 heterocycles. The van der Waals surface area contributed by atoms with Crippen LogP contribution in [0, 0.1) is 0 Å². The van der Waals surface area contributed by atoms with E-state index in [1.165, 1.54) is 135 Å². The zero-order valence-corrected chi connectivity index (χ0v) is 21.9. The van der Waals surface area contributed by atoms with Crippen molar-refractivity contribution in [2.45, 2.75) is 161 Å². The fourth-order valence-electron chi connectivity index (χ4n) is 4.34. The first-order valence-electron chi connectivity index (χ1n) is 14.3. The van der Waals surface area contributed by atoms with Gasteiger partial charge < -0.3 is 5.32 Å². The molecule has 0 aromatic rings. The minimum atomic E-state index is 0.758. The molecule has 0 aromatic carbocycles. The predicted octanol–water partition coefficient (Wildman–Crippen LogP) is 10.3. The second-order valence-corrected chi connectivity index (χ2v) is 9.62. The van der Waals surface area contributed by atoms with E-state index in [0.717, 1.165) is 12.5 Å². The van der Waals surface area contributed by atoms with Crippen LogP contribution in [0.3, 0.4) is 0 Å². The highest BCUT2D eigenvalue weighted by molar-refractivity contribution is 4.92. The predicted molar refractivity (Wildman–Crippen MR) is 144 cm³/mol. The third kappa shape index (κ3) is 25.6. The molecule has 0 amide bonds. The summed E-state index contributed by atoms with van der Waals surface area (Å²) in [7, 11) is 2.16. The average molecular weight is 434 g/mol. The molecule has 0 rings (SSSR count). The minimum Gasteiger partial charge on any atom is -0.317 e. The number of unbranched alkanes of at least 4 members (excludes halogenated alkanes) is 16. The normalized spacial score (nSPS) is 13.0. The van der Waals surface area contributed by atoms with Gasteiger partial charge in [-0.25, -0.2) is 0 Å². The van der Waals surface area contributed by atoms with Gasteiger partial charge in [-0.05, 0) is 52.0 Å². The molecule has 0 saturated carbocycles. The SMILES string of the molecule is CCCCC/C=C/C/C=C/CCCCCCCCCC(CCCCCCCCC)NC. The van der Waals surface area contributed by atoms with Crippen LogP contribution in [0.1, 0.15) is 155 Å². The third-order valence-electron chi connectivity index (χ3n) is 6.57. The van der Waals surface area contributed by atoms with Crippen LogP contribution < -0.4 is 5.32 Å². The topological polar surface area (TPSA) is 12.0 Å². The van der Waals surface area contributed by atoms with Crippen molar-refractivity contribution < 1.29 is 0 Å². The third-order valence-corrected chi connectivity index (χ3v) is 6.57. The smallest absolute Gasteiger partial charge is 0.00640 e. The van der Waals surface area contributed by atoms with Gasteiger partial charge in [0.25, 0.3) is 0 Å². The summed E-state index contributed by atoms with van der Waals surface area (Å²) >= 11 is 0. The second-order valence-electron chi connectivity index (χ2n) is 9.62. The van der Waals surface area contributed by atoms with Crippen molar-refractivity contribution in [3.63, 3.8) is 0 Å². The molecule has 0 spiro atoms. The molecule has 0 saturated heterocycles. The maximum atomic E-state index is 3.56. The van der Waals surface area contributed by atoms with Crippen molar-refractivity contribution in [3.05, 3.63) is 24.3 Å². The minimum absolute atomic E-state index is 0.758. The average Bonchev–Trinajstić information content (AvgIpc) is 2.79. The van der Waals surface area contributed by atoms with Gasteiger partial charge in [-0.2, -0.15) is 0 Å². The van der Waals surface area contributed by atoms with Gasteiger partial charge >= 0.3 is 0 Å². The van der Waals surface area contributed by atoms with Gasteiger partial charge in [-0.15, -0.1) is 0 Å². The summed E-state index contributed by atoms with van der Waals surface area (Å²) in [4.78, 5) is 0. The van der Waals surface area contributed by atoms with Gasteiger partial charge in [0, 0.05) is 6.04 Å². The summed E-state index contributed by atoms with van der Waals surface area (Å²) in [5.41, 5.74) is 0. The Bertz CT molecular complexity index is 371. The zero-order chi connectivity index (χ0) is 22.7. The van der Waals surface area contributed by atoms with Gasteiger partial charge in [-0.1, -0.05) is 134 Å². The molecule has 0 aliphatic carbocycles. The van der Waals surface area contributed by atoms with Crippen LogP contribution in [0.4, 0.5) is 0 Å². The summed E-state index contributed by atoms with van der Waals surface area (Å²) in [5, 5.41) is 3.56. The van der Waals surface area contributed by atoms with Gasteiger partial charge in [0.2, 0.25) is 0 Å². The van der Waals surface area contributed by atoms with E-state index in [1.807, 2.05) is 0 Å². The Morgan fingerprint density at radius 2 is 0.871 bits per heavy atom. The lowest BCUT2D eigenvalue weighted by molar-refractivity contribution is 0.435. The number of allylic oxidation sites excluding steroid dienone is 4. The quantitative estimate of drug-likeness (QED) is 0.111. The summed E-state index contributed by atoms with van der Waals surface area (Å²) in [6, 6.07) is 0.758. The van der Waals surface area contributed by atoms with E-state index in [-0.39, 0.29) is 0 Å². The lowest BCUT2D eigenvalue weighted by Gasteiger charge is -2.16. The Morgan fingerprint density at radius 3 is 1.35 bits per heavy atom. The molecular formula is C30H59N. The highest BCUT2D eigenvalue weighted by atomic mass is 14.9. The van der Waals surface area contributed by atoms with Crippen LogP contribution >= 0.6 is 0 Å². The number of nitrogens with one attached hydrogen (secondary N) is 1. The lowest BCUT2D eigenvalue weighted by Crippen LogP contribution is -2.24. The molecule has 1 N–H and O–H groups in total. The lowest BCUT2D eigenvalue weighted by atomic mass is 10.00. The number of hydrogen-bond donors (Lipinski definition) is 1. The van der Waals surface area contributed by atoms with Crippen LogP contribution in [0.15, 0.2) is 24.3 Å². The maximum Gasteiger partial charge on any atom is 0.00640 e. The van der Waals surface area contributed by atoms with E-state index >= 15 is 0 Å². The molecule has 0 bridgehead atoms. The Hall–Kier alpha value is -0.560. The zero-order valence-electron chi connectivity index (χ0n) is 21.9. The molecule has 31 heavy (non-hydrogen) atoms. The fourth-order valence-corrected chi connectivity index (χ4v) is 4.34. The van der Waals surface area contributed by atoms with Crippen LogP contribution in [0.25, 0.3) is 0 Å². The van der Waals surface area contributed by atoms with Gasteiger partial charge in [0.05, 0.1) is 0 Å². The van der Waals surface area contributed by atoms with Gasteiger partial charge in [0.1, 0.15) is 0 Å². The maximum absolute atomic E-state index is 3.56. The molecule has 0 aliphatic heterocycles. The molecule has 1 atom stereocenters. The van der Waals surface area contributed by atoms with E-state index in [0.29, 0.717) is 0 Å². The van der Waals surface area contributed by atoms with Crippen molar-refractivity contribution in [2.75, 3.05) is 7.05 Å². The first-order chi connectivity index (χ1) is 15.3. The molecule has 184 valence electrons. The molecular weight excluding hydrogens is 374 g/mol. The van der Waals surface area contributed by atoms with Crippen LogP contribution in [0.2, 0.25) is 0 Å². The summed E-state index contributed by atoms with van der Waals surface area (Å²) in [6.07, 6.45) is 39.8. The Morgan fingerprint density at radius 1 is 0.484 bits per heavy atom. The van der Waals surface area contributed by atoms with Gasteiger partial charge in [0.15, 0.2) is 0 Å². The van der Waals surface area contributed by atoms with E-state index in [2.05, 4.69) is 50.5 Å². The van der Waals surface area contributed by atoms with Crippen molar-refractivity contribution in [2.24, 2.45) is 0 Å². The van der Waals surface area contributed by atoms with Crippen molar-refractivity contribution in [1.82, 2.24) is 5.32 Å². The summed E-state index contributed by atoms with van der Waals surface area (Å²) in [6.45, 7) is 4.57. The van der Waals surface area contributed by atoms with Gasteiger partial charge in [-0.3, -0.25) is 0 Å². The van der Waals surface area contributed by atoms with E-state index in [4.69, 9.17) is 0 Å². The van der Waals surface area contributed by atoms with Crippen molar-refractivity contribution in [3.8, 4) is 0 Å². The highest BCUT2D eigenvalue weighted by Crippen LogP contribution is 2.15. The van der Waals surface area contributed by atoms with Crippen LogP contribution in [-0.4, -0.2) is 13.1 Å². The monoisotopic (exact) mass is 433 g/mol.